The Labute approximate surface area is 85.5 Å². The van der Waals surface area contributed by atoms with E-state index >= 15 is 0 Å². The second-order valence-electron chi connectivity index (χ2n) is 3.96. The average Bonchev–Trinajstić information content (AvgIpc) is 2.00. The molecule has 0 aromatic rings. The number of hydrogen-bond donors (Lipinski definition) is 2. The van der Waals surface area contributed by atoms with E-state index in [4.69, 9.17) is 10.2 Å². The van der Waals surface area contributed by atoms with Crippen LogP contribution in [-0.2, 0) is 9.59 Å². The summed E-state index contributed by atoms with van der Waals surface area (Å²) in [7, 11) is -0.637. The molecule has 0 aliphatic rings. The van der Waals surface area contributed by atoms with E-state index in [1.54, 1.807) is 0 Å². The van der Waals surface area contributed by atoms with Crippen molar-refractivity contribution in [2.45, 2.75) is 38.4 Å². The van der Waals surface area contributed by atoms with Gasteiger partial charge in [0.25, 0.3) is 0 Å². The number of aliphatic carboxylic acids is 2. The molecule has 0 spiro atoms. The standard InChI is InChI=1S/C9H18O4Si/c1-14(2)5-3-4-7(9(12)13)6-8(10)11/h7,14H,3-6H2,1-2H3,(H,10,11)(H,12,13). The summed E-state index contributed by atoms with van der Waals surface area (Å²) in [6, 6.07) is 1.09. The van der Waals surface area contributed by atoms with Gasteiger partial charge in [0.15, 0.2) is 0 Å². The van der Waals surface area contributed by atoms with Gasteiger partial charge in [-0.25, -0.2) is 0 Å². The fourth-order valence-corrected chi connectivity index (χ4v) is 2.35. The van der Waals surface area contributed by atoms with Gasteiger partial charge >= 0.3 is 11.9 Å². The van der Waals surface area contributed by atoms with Gasteiger partial charge in [0.2, 0.25) is 0 Å². The van der Waals surface area contributed by atoms with Crippen LogP contribution in [0.25, 0.3) is 0 Å². The summed E-state index contributed by atoms with van der Waals surface area (Å²) in [6.07, 6.45) is 1.08. The molecule has 0 saturated carbocycles. The summed E-state index contributed by atoms with van der Waals surface area (Å²) in [6.45, 7) is 4.40. The molecule has 0 bridgehead atoms. The third-order valence-corrected chi connectivity index (χ3v) is 3.67. The third kappa shape index (κ3) is 6.65. The second-order valence-corrected chi connectivity index (χ2v) is 7.32. The van der Waals surface area contributed by atoms with Crippen molar-refractivity contribution in [2.24, 2.45) is 5.92 Å². The molecule has 0 heterocycles. The van der Waals surface area contributed by atoms with E-state index < -0.39 is 26.7 Å². The lowest BCUT2D eigenvalue weighted by Gasteiger charge is -2.09. The first kappa shape index (κ1) is 13.2. The van der Waals surface area contributed by atoms with Crippen molar-refractivity contribution >= 4 is 20.7 Å². The normalized spacial score (nSPS) is 12.8. The van der Waals surface area contributed by atoms with Crippen molar-refractivity contribution in [3.63, 3.8) is 0 Å². The average molecular weight is 218 g/mol. The fraction of sp³-hybridized carbons (Fsp3) is 0.778. The first-order chi connectivity index (χ1) is 6.43. The van der Waals surface area contributed by atoms with Crippen molar-refractivity contribution in [3.8, 4) is 0 Å². The lowest BCUT2D eigenvalue weighted by atomic mass is 10.0. The Morgan fingerprint density at radius 1 is 1.29 bits per heavy atom. The van der Waals surface area contributed by atoms with Crippen LogP contribution in [0.5, 0.6) is 0 Å². The molecule has 1 unspecified atom stereocenters. The lowest BCUT2D eigenvalue weighted by molar-refractivity contribution is -0.148. The SMILES string of the molecule is C[SiH](C)CCCC(CC(=O)O)C(=O)O. The first-order valence-corrected chi connectivity index (χ1v) is 8.00. The maximum Gasteiger partial charge on any atom is 0.307 e. The van der Waals surface area contributed by atoms with Gasteiger partial charge in [-0.1, -0.05) is 25.6 Å². The quantitative estimate of drug-likeness (QED) is 0.634. The number of carboxylic acid groups (broad SMARTS) is 2. The highest BCUT2D eigenvalue weighted by Gasteiger charge is 2.20. The van der Waals surface area contributed by atoms with Gasteiger partial charge in [0, 0.05) is 8.80 Å². The molecule has 4 nitrogen and oxygen atoms in total. The summed E-state index contributed by atoms with van der Waals surface area (Å²) >= 11 is 0. The number of carbonyl (C=O) groups is 2. The Morgan fingerprint density at radius 3 is 2.21 bits per heavy atom. The Bertz CT molecular complexity index is 203. The fourth-order valence-electron chi connectivity index (χ4n) is 1.30. The van der Waals surface area contributed by atoms with Crippen LogP contribution in [0.2, 0.25) is 19.1 Å². The predicted molar refractivity (Wildman–Crippen MR) is 56.3 cm³/mol. The molecule has 14 heavy (non-hydrogen) atoms. The van der Waals surface area contributed by atoms with Crippen LogP contribution in [0.1, 0.15) is 19.3 Å². The molecule has 1 atom stereocenters. The van der Waals surface area contributed by atoms with Crippen LogP contribution in [0.15, 0.2) is 0 Å². The zero-order chi connectivity index (χ0) is 11.1. The van der Waals surface area contributed by atoms with Gasteiger partial charge < -0.3 is 10.2 Å². The predicted octanol–water partition coefficient (Wildman–Crippen LogP) is 1.43. The smallest absolute Gasteiger partial charge is 0.307 e. The van der Waals surface area contributed by atoms with E-state index in [0.29, 0.717) is 6.42 Å². The van der Waals surface area contributed by atoms with E-state index in [2.05, 4.69) is 13.1 Å². The van der Waals surface area contributed by atoms with Crippen LogP contribution < -0.4 is 0 Å². The van der Waals surface area contributed by atoms with Crippen LogP contribution in [0, 0.1) is 5.92 Å². The van der Waals surface area contributed by atoms with Crippen LogP contribution in [-0.4, -0.2) is 30.9 Å². The maximum atomic E-state index is 10.7. The van der Waals surface area contributed by atoms with E-state index in [9.17, 15) is 9.59 Å². The van der Waals surface area contributed by atoms with Crippen LogP contribution in [0.4, 0.5) is 0 Å². The zero-order valence-electron chi connectivity index (χ0n) is 8.69. The summed E-state index contributed by atoms with van der Waals surface area (Å²) in [5.41, 5.74) is 0. The molecule has 0 fully saturated rings. The van der Waals surface area contributed by atoms with Crippen molar-refractivity contribution in [3.05, 3.63) is 0 Å². The van der Waals surface area contributed by atoms with Crippen LogP contribution >= 0.6 is 0 Å². The Morgan fingerprint density at radius 2 is 1.86 bits per heavy atom. The molecule has 0 aliphatic carbocycles. The Balaban J connectivity index is 3.86. The molecule has 0 aliphatic heterocycles. The van der Waals surface area contributed by atoms with Gasteiger partial charge in [-0.05, 0) is 6.42 Å². The zero-order valence-corrected chi connectivity index (χ0v) is 9.85. The van der Waals surface area contributed by atoms with Gasteiger partial charge in [0.1, 0.15) is 0 Å². The molecule has 0 saturated heterocycles. The van der Waals surface area contributed by atoms with Crippen molar-refractivity contribution < 1.29 is 19.8 Å². The monoisotopic (exact) mass is 218 g/mol. The summed E-state index contributed by atoms with van der Waals surface area (Å²) in [5.74, 6) is -2.72. The minimum absolute atomic E-state index is 0.255. The minimum Gasteiger partial charge on any atom is -0.481 e. The van der Waals surface area contributed by atoms with Gasteiger partial charge in [-0.15, -0.1) is 0 Å². The van der Waals surface area contributed by atoms with Crippen molar-refractivity contribution in [2.75, 3.05) is 0 Å². The summed E-state index contributed by atoms with van der Waals surface area (Å²) < 4.78 is 0. The van der Waals surface area contributed by atoms with Gasteiger partial charge in [-0.3, -0.25) is 9.59 Å². The summed E-state index contributed by atoms with van der Waals surface area (Å²) in [5, 5.41) is 17.2. The Hall–Kier alpha value is -0.843. The number of rotatable bonds is 7. The highest BCUT2D eigenvalue weighted by Crippen LogP contribution is 2.14. The van der Waals surface area contributed by atoms with E-state index in [1.165, 1.54) is 0 Å². The molecule has 82 valence electrons. The molecular weight excluding hydrogens is 200 g/mol. The van der Waals surface area contributed by atoms with E-state index in [0.717, 1.165) is 12.5 Å². The molecule has 0 amide bonds. The van der Waals surface area contributed by atoms with Crippen LogP contribution in [0.3, 0.4) is 0 Å². The molecular formula is C9H18O4Si. The topological polar surface area (TPSA) is 74.6 Å². The van der Waals surface area contributed by atoms with Crippen molar-refractivity contribution in [1.29, 1.82) is 0 Å². The number of carboxylic acids is 2. The largest absolute Gasteiger partial charge is 0.481 e. The van der Waals surface area contributed by atoms with Gasteiger partial charge in [0.05, 0.1) is 12.3 Å². The first-order valence-electron chi connectivity index (χ1n) is 4.88. The summed E-state index contributed by atoms with van der Waals surface area (Å²) in [4.78, 5) is 21.0. The Kier molecular flexibility index (Phi) is 6.19. The highest BCUT2D eigenvalue weighted by atomic mass is 28.3. The highest BCUT2D eigenvalue weighted by molar-refractivity contribution is 6.55. The second kappa shape index (κ2) is 6.59. The van der Waals surface area contributed by atoms with E-state index in [1.807, 2.05) is 0 Å². The van der Waals surface area contributed by atoms with Gasteiger partial charge in [-0.2, -0.15) is 0 Å². The molecule has 0 radical (unpaired) electrons. The molecule has 2 N–H and O–H groups in total. The third-order valence-electron chi connectivity index (χ3n) is 2.10. The molecule has 5 heteroatoms. The lowest BCUT2D eigenvalue weighted by Crippen LogP contribution is -2.18. The number of hydrogen-bond acceptors (Lipinski definition) is 2. The molecule has 0 aromatic carbocycles. The molecule has 0 rings (SSSR count). The van der Waals surface area contributed by atoms with E-state index in [-0.39, 0.29) is 6.42 Å². The molecule has 0 aromatic heterocycles. The minimum atomic E-state index is -1.03. The van der Waals surface area contributed by atoms with Crippen molar-refractivity contribution in [1.82, 2.24) is 0 Å². The maximum absolute atomic E-state index is 10.7.